The quantitative estimate of drug-likeness (QED) is 0.597. The Morgan fingerprint density at radius 2 is 1.69 bits per heavy atom. The molecule has 1 aliphatic rings. The Kier molecular flexibility index (Phi) is 3.35. The second-order valence-corrected chi connectivity index (χ2v) is 4.29. The highest BCUT2D eigenvalue weighted by molar-refractivity contribution is 5.46. The van der Waals surface area contributed by atoms with E-state index in [4.69, 9.17) is 0 Å². The minimum absolute atomic E-state index is 0.701. The zero-order chi connectivity index (χ0) is 10.0. The number of hydrogen-bond donors (Lipinski definition) is 0. The smallest absolute Gasteiger partial charge is 0.00152 e. The molecular weight excluding hydrogens is 156 g/mol. The molecule has 0 aromatic rings. The summed E-state index contributed by atoms with van der Waals surface area (Å²) in [7, 11) is 0. The highest BCUT2D eigenvalue weighted by Crippen LogP contribution is 2.38. The van der Waals surface area contributed by atoms with E-state index in [0.717, 1.165) is 0 Å². The third kappa shape index (κ3) is 1.87. The van der Waals surface area contributed by atoms with Crippen LogP contribution in [0.1, 0.15) is 53.9 Å². The average molecular weight is 178 g/mol. The van der Waals surface area contributed by atoms with Crippen LogP contribution >= 0.6 is 0 Å². The van der Waals surface area contributed by atoms with Gasteiger partial charge >= 0.3 is 0 Å². The van der Waals surface area contributed by atoms with Crippen LogP contribution < -0.4 is 0 Å². The van der Waals surface area contributed by atoms with Crippen molar-refractivity contribution in [2.24, 2.45) is 5.92 Å². The molecule has 0 nitrogen and oxygen atoms in total. The van der Waals surface area contributed by atoms with Gasteiger partial charge in [0.15, 0.2) is 0 Å². The van der Waals surface area contributed by atoms with Crippen LogP contribution in [0, 0.1) is 5.92 Å². The van der Waals surface area contributed by atoms with Crippen molar-refractivity contribution in [3.05, 3.63) is 22.3 Å². The first-order valence-corrected chi connectivity index (χ1v) is 5.47. The molecule has 0 aromatic carbocycles. The summed E-state index contributed by atoms with van der Waals surface area (Å²) in [6, 6.07) is 0. The molecule has 0 N–H and O–H groups in total. The van der Waals surface area contributed by atoms with Crippen LogP contribution in [0.3, 0.4) is 0 Å². The molecule has 74 valence electrons. The van der Waals surface area contributed by atoms with Gasteiger partial charge in [-0.15, -0.1) is 0 Å². The SMILES string of the molecule is CCCCC1=C(C)C(C)C(C)=C1C. The molecular formula is C13H22. The van der Waals surface area contributed by atoms with Crippen molar-refractivity contribution in [1.29, 1.82) is 0 Å². The van der Waals surface area contributed by atoms with Gasteiger partial charge in [0.05, 0.1) is 0 Å². The topological polar surface area (TPSA) is 0 Å². The Hall–Kier alpha value is -0.520. The van der Waals surface area contributed by atoms with Crippen LogP contribution in [0.25, 0.3) is 0 Å². The van der Waals surface area contributed by atoms with E-state index in [1.54, 1.807) is 22.3 Å². The molecule has 0 saturated heterocycles. The van der Waals surface area contributed by atoms with Crippen LogP contribution in [0.5, 0.6) is 0 Å². The first kappa shape index (κ1) is 10.6. The molecule has 0 bridgehead atoms. The summed E-state index contributed by atoms with van der Waals surface area (Å²) in [5.74, 6) is 0.701. The van der Waals surface area contributed by atoms with Crippen LogP contribution in [0.2, 0.25) is 0 Å². The summed E-state index contributed by atoms with van der Waals surface area (Å²) in [4.78, 5) is 0. The summed E-state index contributed by atoms with van der Waals surface area (Å²) in [6.07, 6.45) is 3.93. The minimum Gasteiger partial charge on any atom is -0.0654 e. The molecule has 0 fully saturated rings. The van der Waals surface area contributed by atoms with Crippen molar-refractivity contribution < 1.29 is 0 Å². The fourth-order valence-corrected chi connectivity index (χ4v) is 2.18. The molecule has 0 aromatic heterocycles. The van der Waals surface area contributed by atoms with E-state index in [-0.39, 0.29) is 0 Å². The molecule has 0 radical (unpaired) electrons. The van der Waals surface area contributed by atoms with Gasteiger partial charge in [0, 0.05) is 0 Å². The first-order valence-electron chi connectivity index (χ1n) is 5.47. The Morgan fingerprint density at radius 3 is 2.08 bits per heavy atom. The molecule has 0 heterocycles. The van der Waals surface area contributed by atoms with E-state index in [0.29, 0.717) is 5.92 Å². The van der Waals surface area contributed by atoms with E-state index in [1.807, 2.05) is 0 Å². The van der Waals surface area contributed by atoms with Gasteiger partial charge in [-0.2, -0.15) is 0 Å². The first-order chi connectivity index (χ1) is 6.09. The van der Waals surface area contributed by atoms with Gasteiger partial charge in [-0.25, -0.2) is 0 Å². The lowest BCUT2D eigenvalue weighted by molar-refractivity contribution is 0.773. The molecule has 0 aliphatic heterocycles. The molecule has 0 saturated carbocycles. The molecule has 1 atom stereocenters. The molecule has 0 heteroatoms. The van der Waals surface area contributed by atoms with Crippen molar-refractivity contribution in [3.8, 4) is 0 Å². The lowest BCUT2D eigenvalue weighted by Gasteiger charge is -2.07. The van der Waals surface area contributed by atoms with Gasteiger partial charge in [-0.1, -0.05) is 31.4 Å². The minimum atomic E-state index is 0.701. The Morgan fingerprint density at radius 1 is 1.08 bits per heavy atom. The van der Waals surface area contributed by atoms with Crippen LogP contribution in [-0.4, -0.2) is 0 Å². The van der Waals surface area contributed by atoms with E-state index >= 15 is 0 Å². The average Bonchev–Trinajstić information content (AvgIpc) is 2.30. The fourth-order valence-electron chi connectivity index (χ4n) is 2.18. The molecule has 13 heavy (non-hydrogen) atoms. The second kappa shape index (κ2) is 4.13. The molecule has 0 amide bonds. The molecule has 0 spiro atoms. The van der Waals surface area contributed by atoms with Crippen LogP contribution in [0.15, 0.2) is 22.3 Å². The monoisotopic (exact) mass is 178 g/mol. The Bertz CT molecular complexity index is 253. The predicted octanol–water partition coefficient (Wildman–Crippen LogP) is 4.48. The maximum Gasteiger partial charge on any atom is -0.00152 e. The third-order valence-electron chi connectivity index (χ3n) is 3.60. The summed E-state index contributed by atoms with van der Waals surface area (Å²) in [6.45, 7) is 11.5. The zero-order valence-corrected chi connectivity index (χ0v) is 9.70. The Balaban J connectivity index is 2.81. The van der Waals surface area contributed by atoms with E-state index in [1.165, 1.54) is 19.3 Å². The van der Waals surface area contributed by atoms with E-state index < -0.39 is 0 Å². The standard InChI is InChI=1S/C13H22/c1-6-7-8-13-11(4)9(2)10(3)12(13)5/h9H,6-8H2,1-5H3. The lowest BCUT2D eigenvalue weighted by Crippen LogP contribution is -1.92. The van der Waals surface area contributed by atoms with E-state index in [2.05, 4.69) is 34.6 Å². The Labute approximate surface area is 82.7 Å². The molecule has 1 aliphatic carbocycles. The highest BCUT2D eigenvalue weighted by atomic mass is 14.3. The van der Waals surface area contributed by atoms with Crippen molar-refractivity contribution in [1.82, 2.24) is 0 Å². The van der Waals surface area contributed by atoms with Gasteiger partial charge in [0.25, 0.3) is 0 Å². The van der Waals surface area contributed by atoms with Gasteiger partial charge in [0.2, 0.25) is 0 Å². The maximum atomic E-state index is 2.33. The van der Waals surface area contributed by atoms with Crippen LogP contribution in [-0.2, 0) is 0 Å². The fraction of sp³-hybridized carbons (Fsp3) is 0.692. The third-order valence-corrected chi connectivity index (χ3v) is 3.60. The maximum absolute atomic E-state index is 2.33. The number of allylic oxidation sites excluding steroid dienone is 4. The summed E-state index contributed by atoms with van der Waals surface area (Å²) in [5.41, 5.74) is 6.41. The van der Waals surface area contributed by atoms with Crippen molar-refractivity contribution in [2.45, 2.75) is 53.9 Å². The van der Waals surface area contributed by atoms with Crippen molar-refractivity contribution in [2.75, 3.05) is 0 Å². The normalized spacial score (nSPS) is 23.3. The number of rotatable bonds is 3. The number of unbranched alkanes of at least 4 members (excludes halogenated alkanes) is 1. The van der Waals surface area contributed by atoms with Gasteiger partial charge in [-0.05, 0) is 50.7 Å². The van der Waals surface area contributed by atoms with Crippen molar-refractivity contribution >= 4 is 0 Å². The largest absolute Gasteiger partial charge is 0.0654 e. The second-order valence-electron chi connectivity index (χ2n) is 4.29. The molecule has 1 rings (SSSR count). The zero-order valence-electron chi connectivity index (χ0n) is 9.70. The van der Waals surface area contributed by atoms with Gasteiger partial charge in [0.1, 0.15) is 0 Å². The van der Waals surface area contributed by atoms with Crippen LogP contribution in [0.4, 0.5) is 0 Å². The highest BCUT2D eigenvalue weighted by Gasteiger charge is 2.21. The lowest BCUT2D eigenvalue weighted by atomic mass is 9.98. The van der Waals surface area contributed by atoms with Gasteiger partial charge in [-0.3, -0.25) is 0 Å². The number of hydrogen-bond acceptors (Lipinski definition) is 0. The summed E-state index contributed by atoms with van der Waals surface area (Å²) >= 11 is 0. The summed E-state index contributed by atoms with van der Waals surface area (Å²) < 4.78 is 0. The summed E-state index contributed by atoms with van der Waals surface area (Å²) in [5, 5.41) is 0. The van der Waals surface area contributed by atoms with Crippen molar-refractivity contribution in [3.63, 3.8) is 0 Å². The van der Waals surface area contributed by atoms with Gasteiger partial charge < -0.3 is 0 Å². The van der Waals surface area contributed by atoms with E-state index in [9.17, 15) is 0 Å². The predicted molar refractivity (Wildman–Crippen MR) is 59.8 cm³/mol. The molecule has 1 unspecified atom stereocenters.